The van der Waals surface area contributed by atoms with E-state index in [-0.39, 0.29) is 5.78 Å². The minimum Gasteiger partial charge on any atom is -0.418 e. The number of benzene rings is 1. The maximum absolute atomic E-state index is 12.3. The summed E-state index contributed by atoms with van der Waals surface area (Å²) in [5.41, 5.74) is 1.38. The molecule has 0 aromatic heterocycles. The summed E-state index contributed by atoms with van der Waals surface area (Å²) in [5.74, 6) is 0.0358. The van der Waals surface area contributed by atoms with Crippen LogP contribution in [0, 0.1) is 0 Å². The first-order chi connectivity index (χ1) is 10.0. The molecule has 22 heavy (non-hydrogen) atoms. The molecule has 122 valence electrons. The predicted octanol–water partition coefficient (Wildman–Crippen LogP) is 2.96. The molecule has 0 aliphatic rings. The molecule has 0 aliphatic carbocycles. The number of Topliss-reactive ketones (excluding diaryl/α,β-unsaturated/α-hetero) is 1. The van der Waals surface area contributed by atoms with Crippen LogP contribution in [-0.4, -0.2) is 56.9 Å². The van der Waals surface area contributed by atoms with Gasteiger partial charge in [-0.3, -0.25) is 4.79 Å². The smallest absolute Gasteiger partial charge is 0.418 e. The number of ketones is 1. The van der Waals surface area contributed by atoms with Crippen molar-refractivity contribution < 1.29 is 26.6 Å². The van der Waals surface area contributed by atoms with Crippen LogP contribution in [0.1, 0.15) is 10.4 Å². The zero-order valence-electron chi connectivity index (χ0n) is 12.9. The van der Waals surface area contributed by atoms with E-state index in [0.29, 0.717) is 11.3 Å². The highest BCUT2D eigenvalue weighted by Gasteiger charge is 2.20. The second kappa shape index (κ2) is 9.02. The standard InChI is InChI=1S/C14H19N2O.BF4/c1-15(2)11-10-13(16(3)4)14(17)12-8-6-5-7-9-12;2-1(3,4)5/h5-11H,1-4H3;/q+1;-1. The zero-order chi connectivity index (χ0) is 17.3. The first kappa shape index (κ1) is 19.9. The molecule has 0 bridgehead atoms. The third-order valence-electron chi connectivity index (χ3n) is 2.28. The van der Waals surface area contributed by atoms with E-state index >= 15 is 0 Å². The number of nitrogens with zero attached hydrogens (tertiary/aromatic N) is 2. The van der Waals surface area contributed by atoms with Gasteiger partial charge in [-0.2, -0.15) is 0 Å². The fourth-order valence-corrected chi connectivity index (χ4v) is 1.38. The fraction of sp³-hybridized carbons (Fsp3) is 0.286. The highest BCUT2D eigenvalue weighted by Crippen LogP contribution is 2.09. The van der Waals surface area contributed by atoms with Crippen molar-refractivity contribution in [1.29, 1.82) is 0 Å². The third kappa shape index (κ3) is 9.74. The quantitative estimate of drug-likeness (QED) is 0.213. The number of carbonyl (C=O) groups is 1. The molecule has 8 heteroatoms. The van der Waals surface area contributed by atoms with Crippen molar-refractivity contribution in [2.24, 2.45) is 0 Å². The van der Waals surface area contributed by atoms with E-state index < -0.39 is 7.25 Å². The summed E-state index contributed by atoms with van der Waals surface area (Å²) in [6, 6.07) is 9.30. The van der Waals surface area contributed by atoms with E-state index in [1.165, 1.54) is 0 Å². The number of allylic oxidation sites excluding steroid dienone is 2. The summed E-state index contributed by atoms with van der Waals surface area (Å²) in [6.45, 7) is 0. The Morgan fingerprint density at radius 2 is 1.55 bits per heavy atom. The van der Waals surface area contributed by atoms with E-state index in [2.05, 4.69) is 0 Å². The minimum absolute atomic E-state index is 0.0358. The molecule has 0 aliphatic heterocycles. The minimum atomic E-state index is -6.00. The lowest BCUT2D eigenvalue weighted by Gasteiger charge is -2.14. The molecule has 0 N–H and O–H groups in total. The van der Waals surface area contributed by atoms with Gasteiger partial charge in [0.25, 0.3) is 0 Å². The van der Waals surface area contributed by atoms with Gasteiger partial charge in [0.15, 0.2) is 6.21 Å². The molecular formula is C14H19BF4N2O. The molecule has 0 unspecified atom stereocenters. The van der Waals surface area contributed by atoms with E-state index in [1.54, 1.807) is 0 Å². The second-order valence-corrected chi connectivity index (χ2v) is 4.75. The van der Waals surface area contributed by atoms with Crippen molar-refractivity contribution in [2.75, 3.05) is 28.2 Å². The summed E-state index contributed by atoms with van der Waals surface area (Å²) in [4.78, 5) is 14.1. The molecule has 0 amide bonds. The Kier molecular flexibility index (Phi) is 8.15. The van der Waals surface area contributed by atoms with Crippen LogP contribution >= 0.6 is 0 Å². The number of halogens is 4. The molecule has 1 rings (SSSR count). The Morgan fingerprint density at radius 1 is 1.09 bits per heavy atom. The number of hydrogen-bond acceptors (Lipinski definition) is 2. The van der Waals surface area contributed by atoms with E-state index in [4.69, 9.17) is 0 Å². The average molecular weight is 318 g/mol. The first-order valence-electron chi connectivity index (χ1n) is 6.38. The van der Waals surface area contributed by atoms with Crippen LogP contribution in [0.3, 0.4) is 0 Å². The molecule has 0 saturated heterocycles. The SMILES string of the molecule is CN(C)/C(=C\C=[N+](C)C)C(=O)c1ccccc1.F[B-](F)(F)F. The average Bonchev–Trinajstić information content (AvgIpc) is 2.37. The van der Waals surface area contributed by atoms with Crippen molar-refractivity contribution in [3.63, 3.8) is 0 Å². The van der Waals surface area contributed by atoms with Crippen molar-refractivity contribution in [3.05, 3.63) is 47.7 Å². The fourth-order valence-electron chi connectivity index (χ4n) is 1.38. The lowest BCUT2D eigenvalue weighted by Crippen LogP contribution is -2.20. The molecule has 0 spiro atoms. The third-order valence-corrected chi connectivity index (χ3v) is 2.28. The lowest BCUT2D eigenvalue weighted by atomic mass is 10.1. The molecule has 0 atom stereocenters. The number of hydrogen-bond donors (Lipinski definition) is 0. The Balaban J connectivity index is 0.000000763. The Hall–Kier alpha value is -2.12. The van der Waals surface area contributed by atoms with Gasteiger partial charge in [0.1, 0.15) is 14.1 Å². The summed E-state index contributed by atoms with van der Waals surface area (Å²) in [7, 11) is 1.60. The lowest BCUT2D eigenvalue weighted by molar-refractivity contribution is -0.458. The van der Waals surface area contributed by atoms with Crippen LogP contribution in [-0.2, 0) is 0 Å². The molecule has 1 aromatic carbocycles. The summed E-state index contributed by atoms with van der Waals surface area (Å²) in [5, 5.41) is 0. The summed E-state index contributed by atoms with van der Waals surface area (Å²) >= 11 is 0. The molecular weight excluding hydrogens is 299 g/mol. The molecule has 3 nitrogen and oxygen atoms in total. The van der Waals surface area contributed by atoms with Gasteiger partial charge < -0.3 is 22.2 Å². The van der Waals surface area contributed by atoms with Gasteiger partial charge in [0, 0.05) is 25.7 Å². The molecule has 0 heterocycles. The van der Waals surface area contributed by atoms with Crippen molar-refractivity contribution in [2.45, 2.75) is 0 Å². The highest BCUT2D eigenvalue weighted by molar-refractivity contribution is 6.50. The number of likely N-dealkylation sites (N-methyl/N-ethyl adjacent to an activating group) is 1. The number of carbonyl (C=O) groups excluding carboxylic acids is 1. The van der Waals surface area contributed by atoms with E-state index in [1.807, 2.05) is 80.3 Å². The van der Waals surface area contributed by atoms with Crippen molar-refractivity contribution in [3.8, 4) is 0 Å². The zero-order valence-corrected chi connectivity index (χ0v) is 12.9. The predicted molar refractivity (Wildman–Crippen MR) is 80.9 cm³/mol. The van der Waals surface area contributed by atoms with Gasteiger partial charge in [-0.25, -0.2) is 4.58 Å². The van der Waals surface area contributed by atoms with Crippen LogP contribution in [0.15, 0.2) is 42.1 Å². The van der Waals surface area contributed by atoms with Crippen molar-refractivity contribution in [1.82, 2.24) is 4.90 Å². The highest BCUT2D eigenvalue weighted by atomic mass is 19.5. The molecule has 0 radical (unpaired) electrons. The van der Waals surface area contributed by atoms with Crippen LogP contribution in [0.2, 0.25) is 0 Å². The van der Waals surface area contributed by atoms with Crippen LogP contribution in [0.25, 0.3) is 0 Å². The Morgan fingerprint density at radius 3 is 1.91 bits per heavy atom. The maximum atomic E-state index is 12.3. The van der Waals surface area contributed by atoms with Gasteiger partial charge in [0.2, 0.25) is 5.78 Å². The Bertz CT molecular complexity index is 530. The normalized spacial score (nSPS) is 11.2. The van der Waals surface area contributed by atoms with E-state index in [9.17, 15) is 22.1 Å². The van der Waals surface area contributed by atoms with Crippen molar-refractivity contribution >= 4 is 19.3 Å². The van der Waals surface area contributed by atoms with E-state index in [0.717, 1.165) is 0 Å². The van der Waals surface area contributed by atoms with Crippen LogP contribution in [0.4, 0.5) is 17.3 Å². The van der Waals surface area contributed by atoms with Gasteiger partial charge in [-0.15, -0.1) is 0 Å². The Labute approximate surface area is 127 Å². The topological polar surface area (TPSA) is 23.3 Å². The largest absolute Gasteiger partial charge is 0.673 e. The number of rotatable bonds is 4. The molecule has 1 aromatic rings. The molecule has 0 saturated carbocycles. The van der Waals surface area contributed by atoms with Crippen LogP contribution in [0.5, 0.6) is 0 Å². The summed E-state index contributed by atoms with van der Waals surface area (Å²) in [6.07, 6.45) is 3.70. The first-order valence-corrected chi connectivity index (χ1v) is 6.38. The van der Waals surface area contributed by atoms with Gasteiger partial charge >= 0.3 is 7.25 Å². The van der Waals surface area contributed by atoms with Gasteiger partial charge in [-0.05, 0) is 0 Å². The van der Waals surface area contributed by atoms with Gasteiger partial charge in [0.05, 0.1) is 5.70 Å². The van der Waals surface area contributed by atoms with Gasteiger partial charge in [-0.1, -0.05) is 30.3 Å². The maximum Gasteiger partial charge on any atom is 0.673 e. The summed E-state index contributed by atoms with van der Waals surface area (Å²) < 4.78 is 40.9. The van der Waals surface area contributed by atoms with Crippen LogP contribution < -0.4 is 0 Å². The monoisotopic (exact) mass is 318 g/mol. The second-order valence-electron chi connectivity index (χ2n) is 4.75. The molecule has 0 fully saturated rings.